The maximum Gasteiger partial charge on any atom is 0.178 e. The highest BCUT2D eigenvalue weighted by atomic mass is 16.1. The standard InChI is InChI=1S/C18H22N2O/c21-18(16-9-19-17-4-2-1-3-15(16)17)12-20(10-13-5-6-13)11-14-7-8-14/h1-4,9,13-14,19H,5-8,10-12H2. The smallest absolute Gasteiger partial charge is 0.178 e. The zero-order valence-electron chi connectivity index (χ0n) is 12.3. The van der Waals surface area contributed by atoms with Gasteiger partial charge in [-0.3, -0.25) is 9.69 Å². The van der Waals surface area contributed by atoms with E-state index in [9.17, 15) is 4.79 Å². The van der Waals surface area contributed by atoms with Crippen molar-refractivity contribution in [2.45, 2.75) is 25.7 Å². The maximum absolute atomic E-state index is 12.7. The van der Waals surface area contributed by atoms with E-state index in [0.717, 1.165) is 41.4 Å². The lowest BCUT2D eigenvalue weighted by Gasteiger charge is -2.21. The monoisotopic (exact) mass is 282 g/mol. The number of hydrogen-bond donors (Lipinski definition) is 1. The average molecular weight is 282 g/mol. The van der Waals surface area contributed by atoms with Crippen molar-refractivity contribution >= 4 is 16.7 Å². The number of rotatable bonds is 7. The average Bonchev–Trinajstić information content (AvgIpc) is 3.40. The number of fused-ring (bicyclic) bond motifs is 1. The molecule has 2 aliphatic carbocycles. The molecule has 3 nitrogen and oxygen atoms in total. The van der Waals surface area contributed by atoms with Gasteiger partial charge in [0.1, 0.15) is 0 Å². The van der Waals surface area contributed by atoms with Crippen molar-refractivity contribution in [1.82, 2.24) is 9.88 Å². The third-order valence-electron chi connectivity index (χ3n) is 4.68. The Labute approximate surface area is 125 Å². The number of hydrogen-bond acceptors (Lipinski definition) is 2. The van der Waals surface area contributed by atoms with Crippen LogP contribution in [0.5, 0.6) is 0 Å². The predicted octanol–water partition coefficient (Wildman–Crippen LogP) is 3.47. The summed E-state index contributed by atoms with van der Waals surface area (Å²) in [4.78, 5) is 18.3. The molecule has 2 aromatic rings. The lowest BCUT2D eigenvalue weighted by Crippen LogP contribution is -2.33. The Kier molecular flexibility index (Phi) is 3.30. The summed E-state index contributed by atoms with van der Waals surface area (Å²) in [7, 11) is 0. The predicted molar refractivity (Wildman–Crippen MR) is 84.5 cm³/mol. The number of ketones is 1. The molecule has 1 aromatic heterocycles. The molecule has 2 saturated carbocycles. The molecule has 2 fully saturated rings. The van der Waals surface area contributed by atoms with Crippen LogP contribution in [0.15, 0.2) is 30.5 Å². The minimum absolute atomic E-state index is 0.258. The number of para-hydroxylation sites is 1. The summed E-state index contributed by atoms with van der Waals surface area (Å²) >= 11 is 0. The molecule has 1 aromatic carbocycles. The first-order valence-electron chi connectivity index (χ1n) is 8.11. The molecular weight excluding hydrogens is 260 g/mol. The molecule has 0 aliphatic heterocycles. The van der Waals surface area contributed by atoms with Crippen LogP contribution in [0.25, 0.3) is 10.9 Å². The van der Waals surface area contributed by atoms with Crippen molar-refractivity contribution < 1.29 is 4.79 Å². The minimum Gasteiger partial charge on any atom is -0.360 e. The molecule has 0 unspecified atom stereocenters. The first-order valence-corrected chi connectivity index (χ1v) is 8.11. The highest BCUT2D eigenvalue weighted by Crippen LogP contribution is 2.33. The summed E-state index contributed by atoms with van der Waals surface area (Å²) in [6, 6.07) is 8.06. The number of aromatic amines is 1. The largest absolute Gasteiger partial charge is 0.360 e. The molecule has 0 saturated heterocycles. The number of nitrogens with one attached hydrogen (secondary N) is 1. The molecule has 0 atom stereocenters. The maximum atomic E-state index is 12.7. The van der Waals surface area contributed by atoms with Crippen molar-refractivity contribution in [2.24, 2.45) is 11.8 Å². The minimum atomic E-state index is 0.258. The molecule has 110 valence electrons. The number of aromatic nitrogens is 1. The van der Waals surface area contributed by atoms with Gasteiger partial charge in [-0.05, 0) is 43.6 Å². The van der Waals surface area contributed by atoms with Crippen LogP contribution in [0.3, 0.4) is 0 Å². The fourth-order valence-corrected chi connectivity index (χ4v) is 3.13. The van der Waals surface area contributed by atoms with Crippen molar-refractivity contribution in [2.75, 3.05) is 19.6 Å². The van der Waals surface area contributed by atoms with Crippen molar-refractivity contribution in [3.05, 3.63) is 36.0 Å². The quantitative estimate of drug-likeness (QED) is 0.789. The van der Waals surface area contributed by atoms with Gasteiger partial charge in [0.15, 0.2) is 5.78 Å². The van der Waals surface area contributed by atoms with Crippen LogP contribution < -0.4 is 0 Å². The fraction of sp³-hybridized carbons (Fsp3) is 0.500. The normalized spacial score (nSPS) is 18.5. The Balaban J connectivity index is 1.49. The van der Waals surface area contributed by atoms with Gasteiger partial charge in [-0.2, -0.15) is 0 Å². The number of benzene rings is 1. The van der Waals surface area contributed by atoms with E-state index in [2.05, 4.69) is 9.88 Å². The topological polar surface area (TPSA) is 36.1 Å². The fourth-order valence-electron chi connectivity index (χ4n) is 3.13. The summed E-state index contributed by atoms with van der Waals surface area (Å²) in [6.07, 6.45) is 7.27. The second-order valence-corrected chi connectivity index (χ2v) is 6.75. The van der Waals surface area contributed by atoms with E-state index in [1.807, 2.05) is 30.5 Å². The third-order valence-corrected chi connectivity index (χ3v) is 4.68. The van der Waals surface area contributed by atoms with E-state index in [0.29, 0.717) is 6.54 Å². The zero-order chi connectivity index (χ0) is 14.2. The summed E-state index contributed by atoms with van der Waals surface area (Å²) in [5.74, 6) is 1.95. The number of carbonyl (C=O) groups is 1. The van der Waals surface area contributed by atoms with Crippen molar-refractivity contribution in [3.8, 4) is 0 Å². The zero-order valence-corrected chi connectivity index (χ0v) is 12.3. The van der Waals surface area contributed by atoms with Crippen LogP contribution in [0.4, 0.5) is 0 Å². The molecule has 4 rings (SSSR count). The Morgan fingerprint density at radius 2 is 1.76 bits per heavy atom. The van der Waals surface area contributed by atoms with Crippen LogP contribution in [0.1, 0.15) is 36.0 Å². The highest BCUT2D eigenvalue weighted by molar-refractivity contribution is 6.08. The second kappa shape index (κ2) is 5.30. The van der Waals surface area contributed by atoms with Crippen LogP contribution in [-0.4, -0.2) is 35.3 Å². The molecule has 1 N–H and O–H groups in total. The van der Waals surface area contributed by atoms with Gasteiger partial charge in [0.05, 0.1) is 6.54 Å². The Morgan fingerprint density at radius 1 is 1.10 bits per heavy atom. The van der Waals surface area contributed by atoms with Crippen LogP contribution in [0.2, 0.25) is 0 Å². The molecule has 3 heteroatoms. The van der Waals surface area contributed by atoms with Gasteiger partial charge in [0, 0.05) is 35.8 Å². The van der Waals surface area contributed by atoms with Gasteiger partial charge in [-0.1, -0.05) is 18.2 Å². The summed E-state index contributed by atoms with van der Waals surface area (Å²) in [6.45, 7) is 2.81. The molecule has 0 amide bonds. The SMILES string of the molecule is O=C(CN(CC1CC1)CC1CC1)c1c[nH]c2ccccc12. The molecule has 0 radical (unpaired) electrons. The Morgan fingerprint density at radius 3 is 2.43 bits per heavy atom. The number of H-pyrrole nitrogens is 1. The Bertz CT molecular complexity index is 638. The van der Waals surface area contributed by atoms with E-state index in [4.69, 9.17) is 0 Å². The van der Waals surface area contributed by atoms with E-state index in [-0.39, 0.29) is 5.78 Å². The number of carbonyl (C=O) groups excluding carboxylic acids is 1. The van der Waals surface area contributed by atoms with Crippen molar-refractivity contribution in [3.63, 3.8) is 0 Å². The van der Waals surface area contributed by atoms with Gasteiger partial charge >= 0.3 is 0 Å². The van der Waals surface area contributed by atoms with E-state index in [1.165, 1.54) is 25.7 Å². The molecular formula is C18H22N2O. The summed E-state index contributed by atoms with van der Waals surface area (Å²) in [5, 5.41) is 1.06. The first kappa shape index (κ1) is 13.1. The number of nitrogens with zero attached hydrogens (tertiary/aromatic N) is 1. The second-order valence-electron chi connectivity index (χ2n) is 6.75. The molecule has 1 heterocycles. The van der Waals surface area contributed by atoms with Gasteiger partial charge in [0.2, 0.25) is 0 Å². The molecule has 0 spiro atoms. The van der Waals surface area contributed by atoms with Gasteiger partial charge in [-0.15, -0.1) is 0 Å². The van der Waals surface area contributed by atoms with Crippen LogP contribution in [0, 0.1) is 11.8 Å². The Hall–Kier alpha value is -1.61. The summed E-state index contributed by atoms with van der Waals surface area (Å²) in [5.41, 5.74) is 1.90. The van der Waals surface area contributed by atoms with E-state index < -0.39 is 0 Å². The lowest BCUT2D eigenvalue weighted by molar-refractivity contribution is 0.0925. The van der Waals surface area contributed by atoms with Gasteiger partial charge < -0.3 is 4.98 Å². The third kappa shape index (κ3) is 3.03. The van der Waals surface area contributed by atoms with Gasteiger partial charge in [0.25, 0.3) is 0 Å². The van der Waals surface area contributed by atoms with Crippen LogP contribution >= 0.6 is 0 Å². The highest BCUT2D eigenvalue weighted by Gasteiger charge is 2.30. The molecule has 0 bridgehead atoms. The van der Waals surface area contributed by atoms with Gasteiger partial charge in [-0.25, -0.2) is 0 Å². The van der Waals surface area contributed by atoms with Crippen LogP contribution in [-0.2, 0) is 0 Å². The lowest BCUT2D eigenvalue weighted by atomic mass is 10.1. The summed E-state index contributed by atoms with van der Waals surface area (Å²) < 4.78 is 0. The molecule has 2 aliphatic rings. The van der Waals surface area contributed by atoms with Crippen molar-refractivity contribution in [1.29, 1.82) is 0 Å². The van der Waals surface area contributed by atoms with E-state index in [1.54, 1.807) is 0 Å². The number of Topliss-reactive ketones (excluding diaryl/α,β-unsaturated/α-hetero) is 1. The first-order chi connectivity index (χ1) is 10.3. The molecule has 21 heavy (non-hydrogen) atoms. The van der Waals surface area contributed by atoms with E-state index >= 15 is 0 Å².